The van der Waals surface area contributed by atoms with Crippen LogP contribution in [0, 0.1) is 6.92 Å². The molecule has 0 saturated carbocycles. The van der Waals surface area contributed by atoms with Gasteiger partial charge in [0.15, 0.2) is 11.5 Å². The first-order chi connectivity index (χ1) is 14.5. The number of nitrogens with zero attached hydrogens (tertiary/aromatic N) is 3. The molecule has 10 heteroatoms. The van der Waals surface area contributed by atoms with E-state index in [0.29, 0.717) is 27.0 Å². The van der Waals surface area contributed by atoms with Crippen molar-refractivity contribution in [3.8, 4) is 11.5 Å². The monoisotopic (exact) mass is 425 g/mol. The van der Waals surface area contributed by atoms with Crippen LogP contribution in [0.2, 0.25) is 0 Å². The van der Waals surface area contributed by atoms with Crippen molar-refractivity contribution in [2.75, 3.05) is 12.4 Å². The van der Waals surface area contributed by atoms with Crippen LogP contribution in [-0.4, -0.2) is 40.4 Å². The molecule has 0 radical (unpaired) electrons. The summed E-state index contributed by atoms with van der Waals surface area (Å²) in [7, 11) is 1.44. The number of hydrogen-bond acceptors (Lipinski definition) is 8. The van der Waals surface area contributed by atoms with Gasteiger partial charge in [-0.05, 0) is 31.2 Å². The van der Waals surface area contributed by atoms with Gasteiger partial charge in [0, 0.05) is 11.1 Å². The summed E-state index contributed by atoms with van der Waals surface area (Å²) in [6.45, 7) is 1.94. The van der Waals surface area contributed by atoms with Gasteiger partial charge in [-0.25, -0.2) is 5.43 Å². The van der Waals surface area contributed by atoms with E-state index >= 15 is 0 Å². The maximum absolute atomic E-state index is 12.2. The number of aryl methyl sites for hydroxylation is 1. The molecule has 0 fully saturated rings. The van der Waals surface area contributed by atoms with E-state index in [4.69, 9.17) is 4.74 Å². The van der Waals surface area contributed by atoms with Gasteiger partial charge in [-0.1, -0.05) is 35.1 Å². The number of aromatic hydroxyl groups is 1. The summed E-state index contributed by atoms with van der Waals surface area (Å²) >= 11 is 1.10. The third-order valence-electron chi connectivity index (χ3n) is 3.96. The molecule has 1 heterocycles. The van der Waals surface area contributed by atoms with Crippen LogP contribution in [0.15, 0.2) is 47.6 Å². The predicted molar refractivity (Wildman–Crippen MR) is 113 cm³/mol. The lowest BCUT2D eigenvalue weighted by Gasteiger charge is -2.04. The number of methoxy groups -OCH3 is 1. The summed E-state index contributed by atoms with van der Waals surface area (Å²) in [4.78, 5) is 24.2. The van der Waals surface area contributed by atoms with E-state index in [9.17, 15) is 14.7 Å². The first kappa shape index (κ1) is 20.9. The summed E-state index contributed by atoms with van der Waals surface area (Å²) in [6, 6.07) is 12.1. The summed E-state index contributed by atoms with van der Waals surface area (Å²) in [5, 5.41) is 25.0. The van der Waals surface area contributed by atoms with E-state index in [1.807, 2.05) is 19.1 Å². The second-order valence-corrected chi connectivity index (χ2v) is 7.25. The molecule has 3 aromatic rings. The number of carbonyl (C=O) groups is 2. The Balaban J connectivity index is 1.53. The molecule has 154 valence electrons. The lowest BCUT2D eigenvalue weighted by atomic mass is 10.1. The van der Waals surface area contributed by atoms with E-state index in [1.54, 1.807) is 30.3 Å². The molecule has 3 rings (SSSR count). The molecule has 0 spiro atoms. The van der Waals surface area contributed by atoms with Gasteiger partial charge < -0.3 is 9.84 Å². The van der Waals surface area contributed by atoms with Gasteiger partial charge >= 0.3 is 0 Å². The lowest BCUT2D eigenvalue weighted by Crippen LogP contribution is -2.19. The Bertz CT molecular complexity index is 1080. The number of hydrazone groups is 1. The Hall–Kier alpha value is -3.79. The minimum Gasteiger partial charge on any atom is -0.504 e. The normalized spacial score (nSPS) is 10.7. The van der Waals surface area contributed by atoms with Gasteiger partial charge in [0.05, 0.1) is 19.7 Å². The van der Waals surface area contributed by atoms with Gasteiger partial charge in [0.25, 0.3) is 5.91 Å². The molecular formula is C20H19N5O4S. The molecular weight excluding hydrogens is 406 g/mol. The molecule has 0 bridgehead atoms. The number of anilines is 1. The smallest absolute Gasteiger partial charge is 0.257 e. The van der Waals surface area contributed by atoms with Gasteiger partial charge in [0.1, 0.15) is 5.01 Å². The van der Waals surface area contributed by atoms with Crippen LogP contribution >= 0.6 is 11.3 Å². The first-order valence-corrected chi connectivity index (χ1v) is 9.66. The second kappa shape index (κ2) is 9.61. The molecule has 0 aliphatic carbocycles. The maximum Gasteiger partial charge on any atom is 0.257 e. The van der Waals surface area contributed by atoms with E-state index < -0.39 is 5.91 Å². The molecule has 0 aliphatic rings. The van der Waals surface area contributed by atoms with Crippen LogP contribution in [0.1, 0.15) is 26.5 Å². The molecule has 2 aromatic carbocycles. The SMILES string of the molecule is COc1cccc(C=NNC(=O)Cc2nnc(NC(=O)c3ccc(C)cc3)s2)c1O. The number of hydrogen-bond donors (Lipinski definition) is 3. The van der Waals surface area contributed by atoms with Crippen LogP contribution in [0.25, 0.3) is 0 Å². The lowest BCUT2D eigenvalue weighted by molar-refractivity contribution is -0.120. The average molecular weight is 425 g/mol. The van der Waals surface area contributed by atoms with Gasteiger partial charge in [-0.2, -0.15) is 5.10 Å². The fourth-order valence-corrected chi connectivity index (χ4v) is 3.14. The number of carbonyl (C=O) groups excluding carboxylic acids is 2. The number of amides is 2. The first-order valence-electron chi connectivity index (χ1n) is 8.84. The summed E-state index contributed by atoms with van der Waals surface area (Å²) in [5.41, 5.74) is 4.31. The molecule has 9 nitrogen and oxygen atoms in total. The highest BCUT2D eigenvalue weighted by atomic mass is 32.1. The Kier molecular flexibility index (Phi) is 6.71. The molecule has 2 amide bonds. The molecule has 0 unspecified atom stereocenters. The molecule has 1 aromatic heterocycles. The highest BCUT2D eigenvalue weighted by Gasteiger charge is 2.12. The molecule has 3 N–H and O–H groups in total. The fourth-order valence-electron chi connectivity index (χ4n) is 2.41. The topological polar surface area (TPSA) is 126 Å². The molecule has 0 atom stereocenters. The second-order valence-electron chi connectivity index (χ2n) is 6.19. The van der Waals surface area contributed by atoms with Crippen LogP contribution in [0.4, 0.5) is 5.13 Å². The Morgan fingerprint density at radius 2 is 1.97 bits per heavy atom. The van der Waals surface area contributed by atoms with Gasteiger partial charge in [-0.3, -0.25) is 14.9 Å². The van der Waals surface area contributed by atoms with E-state index in [1.165, 1.54) is 13.3 Å². The fraction of sp³-hybridized carbons (Fsp3) is 0.150. The zero-order valence-electron chi connectivity index (χ0n) is 16.2. The van der Waals surface area contributed by atoms with Crippen molar-refractivity contribution in [1.82, 2.24) is 15.6 Å². The standard InChI is InChI=1S/C20H19N5O4S/c1-12-6-8-13(9-7-12)19(28)22-20-25-24-17(30-20)10-16(26)23-21-11-14-4-3-5-15(29-2)18(14)27/h3-9,11,27H,10H2,1-2H3,(H,23,26)(H,22,25,28). The van der Waals surface area contributed by atoms with Crippen molar-refractivity contribution in [3.63, 3.8) is 0 Å². The van der Waals surface area contributed by atoms with Crippen LogP contribution in [-0.2, 0) is 11.2 Å². The number of aromatic nitrogens is 2. The van der Waals surface area contributed by atoms with E-state index in [0.717, 1.165) is 16.9 Å². The molecule has 30 heavy (non-hydrogen) atoms. The van der Waals surface area contributed by atoms with E-state index in [2.05, 4.69) is 26.0 Å². The third kappa shape index (κ3) is 5.39. The molecule has 0 aliphatic heterocycles. The van der Waals surface area contributed by atoms with Crippen LogP contribution in [0.5, 0.6) is 11.5 Å². The third-order valence-corrected chi connectivity index (χ3v) is 4.79. The van der Waals surface area contributed by atoms with Gasteiger partial charge in [-0.15, -0.1) is 10.2 Å². The van der Waals surface area contributed by atoms with Crippen LogP contribution < -0.4 is 15.5 Å². The average Bonchev–Trinajstić information content (AvgIpc) is 3.16. The number of para-hydroxylation sites is 1. The number of ether oxygens (including phenoxy) is 1. The minimum absolute atomic E-state index is 0.0560. The largest absolute Gasteiger partial charge is 0.504 e. The highest BCUT2D eigenvalue weighted by Crippen LogP contribution is 2.27. The van der Waals surface area contributed by atoms with Crippen molar-refractivity contribution < 1.29 is 19.4 Å². The predicted octanol–water partition coefficient (Wildman–Crippen LogP) is 2.51. The highest BCUT2D eigenvalue weighted by molar-refractivity contribution is 7.15. The van der Waals surface area contributed by atoms with Crippen molar-refractivity contribution in [2.45, 2.75) is 13.3 Å². The number of rotatable bonds is 7. The maximum atomic E-state index is 12.2. The summed E-state index contributed by atoms with van der Waals surface area (Å²) < 4.78 is 5.01. The van der Waals surface area contributed by atoms with Crippen molar-refractivity contribution >= 4 is 34.5 Å². The van der Waals surface area contributed by atoms with Crippen molar-refractivity contribution in [3.05, 3.63) is 64.2 Å². The number of nitrogens with one attached hydrogen (secondary N) is 2. The number of phenolic OH excluding ortho intramolecular Hbond substituents is 1. The van der Waals surface area contributed by atoms with E-state index in [-0.39, 0.29) is 18.1 Å². The van der Waals surface area contributed by atoms with Gasteiger partial charge in [0.2, 0.25) is 11.0 Å². The summed E-state index contributed by atoms with van der Waals surface area (Å²) in [6.07, 6.45) is 1.25. The minimum atomic E-state index is -0.416. The Morgan fingerprint density at radius 3 is 2.70 bits per heavy atom. The number of phenols is 1. The summed E-state index contributed by atoms with van der Waals surface area (Å²) in [5.74, 6) is -0.485. The molecule has 0 saturated heterocycles. The Morgan fingerprint density at radius 1 is 1.20 bits per heavy atom. The zero-order valence-corrected chi connectivity index (χ0v) is 17.1. The van der Waals surface area contributed by atoms with Crippen LogP contribution in [0.3, 0.4) is 0 Å². The Labute approximate surface area is 176 Å². The van der Waals surface area contributed by atoms with Crippen molar-refractivity contribution in [2.24, 2.45) is 5.10 Å². The zero-order chi connectivity index (χ0) is 21.5. The van der Waals surface area contributed by atoms with Crippen molar-refractivity contribution in [1.29, 1.82) is 0 Å². The number of benzene rings is 2. The quantitative estimate of drug-likeness (QED) is 0.394.